The quantitative estimate of drug-likeness (QED) is 0.896. The molecule has 114 valence electrons. The zero-order chi connectivity index (χ0) is 15.4. The van der Waals surface area contributed by atoms with Gasteiger partial charge in [0.05, 0.1) is 5.75 Å². The third-order valence-corrected chi connectivity index (χ3v) is 4.78. The van der Waals surface area contributed by atoms with E-state index in [1.165, 1.54) is 41.4 Å². The van der Waals surface area contributed by atoms with E-state index in [-0.39, 0.29) is 11.7 Å². The van der Waals surface area contributed by atoms with Gasteiger partial charge in [0.2, 0.25) is 5.91 Å². The number of halogens is 1. The van der Waals surface area contributed by atoms with E-state index in [9.17, 15) is 9.18 Å². The molecule has 2 nitrogen and oxygen atoms in total. The number of hydrogen-bond donors (Lipinski definition) is 1. The van der Waals surface area contributed by atoms with Gasteiger partial charge in [-0.05, 0) is 60.2 Å². The monoisotopic (exact) mass is 315 g/mol. The van der Waals surface area contributed by atoms with Crippen LogP contribution in [0, 0.1) is 5.82 Å². The Hall–Kier alpha value is -1.81. The van der Waals surface area contributed by atoms with Gasteiger partial charge >= 0.3 is 0 Å². The summed E-state index contributed by atoms with van der Waals surface area (Å²) in [6.07, 6.45) is 3.45. The molecule has 0 radical (unpaired) electrons. The molecule has 0 atom stereocenters. The second-order valence-electron chi connectivity index (χ2n) is 5.51. The third kappa shape index (κ3) is 3.89. The summed E-state index contributed by atoms with van der Waals surface area (Å²) >= 11 is 1.49. The number of carbonyl (C=O) groups is 1. The molecular weight excluding hydrogens is 297 g/mol. The molecule has 1 aliphatic rings. The molecule has 3 rings (SSSR count). The molecule has 0 heterocycles. The number of carbonyl (C=O) groups excluding carboxylic acids is 1. The molecule has 0 saturated carbocycles. The lowest BCUT2D eigenvalue weighted by molar-refractivity contribution is -0.113. The summed E-state index contributed by atoms with van der Waals surface area (Å²) in [5, 5.41) is 2.94. The predicted octanol–water partition coefficient (Wildman–Crippen LogP) is 4.19. The van der Waals surface area contributed by atoms with Crippen molar-refractivity contribution in [3.05, 3.63) is 65.0 Å². The van der Waals surface area contributed by atoms with Crippen molar-refractivity contribution in [3.63, 3.8) is 0 Å². The van der Waals surface area contributed by atoms with Crippen molar-refractivity contribution in [3.8, 4) is 0 Å². The van der Waals surface area contributed by atoms with Crippen LogP contribution < -0.4 is 5.32 Å². The summed E-state index contributed by atoms with van der Waals surface area (Å²) in [5.41, 5.74) is 4.52. The van der Waals surface area contributed by atoms with Crippen LogP contribution in [0.25, 0.3) is 0 Å². The van der Waals surface area contributed by atoms with Crippen molar-refractivity contribution in [2.75, 3.05) is 11.1 Å². The van der Waals surface area contributed by atoms with E-state index in [2.05, 4.69) is 17.4 Å². The van der Waals surface area contributed by atoms with Crippen molar-refractivity contribution >= 4 is 23.4 Å². The summed E-state index contributed by atoms with van der Waals surface area (Å²) in [6, 6.07) is 12.7. The number of hydrogen-bond acceptors (Lipinski definition) is 2. The average molecular weight is 315 g/mol. The van der Waals surface area contributed by atoms with E-state index in [0.717, 1.165) is 24.1 Å². The molecule has 2 aromatic carbocycles. The molecule has 1 N–H and O–H groups in total. The highest BCUT2D eigenvalue weighted by Crippen LogP contribution is 2.25. The standard InChI is InChI=1S/C18H18FNOS/c19-16-6-1-3-13(9-16)11-22-12-18(21)20-17-8-7-14-4-2-5-15(14)10-17/h1,3,6-10H,2,4-5,11-12H2,(H,20,21). The lowest BCUT2D eigenvalue weighted by atomic mass is 10.1. The number of benzene rings is 2. The zero-order valence-electron chi connectivity index (χ0n) is 12.3. The van der Waals surface area contributed by atoms with Crippen LogP contribution in [0.4, 0.5) is 10.1 Å². The Morgan fingerprint density at radius 3 is 2.86 bits per heavy atom. The molecule has 1 aliphatic carbocycles. The summed E-state index contributed by atoms with van der Waals surface area (Å²) in [6.45, 7) is 0. The van der Waals surface area contributed by atoms with Crippen LogP contribution >= 0.6 is 11.8 Å². The van der Waals surface area contributed by atoms with E-state index in [1.54, 1.807) is 6.07 Å². The van der Waals surface area contributed by atoms with Crippen molar-refractivity contribution in [1.82, 2.24) is 0 Å². The van der Waals surface area contributed by atoms with Crippen molar-refractivity contribution in [2.45, 2.75) is 25.0 Å². The van der Waals surface area contributed by atoms with Gasteiger partial charge in [-0.2, -0.15) is 0 Å². The number of fused-ring (bicyclic) bond motifs is 1. The Morgan fingerprint density at radius 2 is 2.00 bits per heavy atom. The Bertz CT molecular complexity index is 687. The Labute approximate surface area is 134 Å². The second kappa shape index (κ2) is 6.97. The smallest absolute Gasteiger partial charge is 0.234 e. The fourth-order valence-corrected chi connectivity index (χ4v) is 3.51. The molecule has 1 amide bonds. The summed E-state index contributed by atoms with van der Waals surface area (Å²) < 4.78 is 13.1. The molecule has 0 fully saturated rings. The molecule has 0 aromatic heterocycles. The fourth-order valence-electron chi connectivity index (χ4n) is 2.73. The second-order valence-corrected chi connectivity index (χ2v) is 6.49. The van der Waals surface area contributed by atoms with E-state index in [4.69, 9.17) is 0 Å². The van der Waals surface area contributed by atoms with Crippen LogP contribution in [0.3, 0.4) is 0 Å². The van der Waals surface area contributed by atoms with Crippen LogP contribution in [-0.2, 0) is 23.4 Å². The van der Waals surface area contributed by atoms with Gasteiger partial charge in [-0.3, -0.25) is 4.79 Å². The fraction of sp³-hybridized carbons (Fsp3) is 0.278. The SMILES string of the molecule is O=C(CSCc1cccc(F)c1)Nc1ccc2c(c1)CCC2. The first-order valence-corrected chi connectivity index (χ1v) is 8.60. The topological polar surface area (TPSA) is 29.1 Å². The van der Waals surface area contributed by atoms with Crippen LogP contribution in [0.5, 0.6) is 0 Å². The predicted molar refractivity (Wildman–Crippen MR) is 89.7 cm³/mol. The van der Waals surface area contributed by atoms with Gasteiger partial charge in [0.1, 0.15) is 5.82 Å². The maximum Gasteiger partial charge on any atom is 0.234 e. The summed E-state index contributed by atoms with van der Waals surface area (Å²) in [5.74, 6) is 0.753. The molecule has 0 aliphatic heterocycles. The largest absolute Gasteiger partial charge is 0.325 e. The van der Waals surface area contributed by atoms with E-state index in [1.807, 2.05) is 12.1 Å². The molecule has 0 unspecified atom stereocenters. The van der Waals surface area contributed by atoms with Gasteiger partial charge in [0, 0.05) is 11.4 Å². The number of rotatable bonds is 5. The third-order valence-electron chi connectivity index (χ3n) is 3.77. The average Bonchev–Trinajstić information content (AvgIpc) is 2.95. The number of anilines is 1. The maximum atomic E-state index is 13.1. The normalized spacial score (nSPS) is 13.0. The van der Waals surface area contributed by atoms with E-state index >= 15 is 0 Å². The van der Waals surface area contributed by atoms with Gasteiger partial charge in [-0.15, -0.1) is 11.8 Å². The lowest BCUT2D eigenvalue weighted by Gasteiger charge is -2.07. The van der Waals surface area contributed by atoms with Crippen LogP contribution in [0.1, 0.15) is 23.1 Å². The van der Waals surface area contributed by atoms with Crippen LogP contribution in [-0.4, -0.2) is 11.7 Å². The summed E-state index contributed by atoms with van der Waals surface area (Å²) in [7, 11) is 0. The number of thioether (sulfide) groups is 1. The highest BCUT2D eigenvalue weighted by molar-refractivity contribution is 7.99. The number of nitrogens with one attached hydrogen (secondary N) is 1. The first-order chi connectivity index (χ1) is 10.7. The molecular formula is C18H18FNOS. The van der Waals surface area contributed by atoms with Crippen molar-refractivity contribution in [2.24, 2.45) is 0 Å². The molecule has 0 bridgehead atoms. The zero-order valence-corrected chi connectivity index (χ0v) is 13.1. The van der Waals surface area contributed by atoms with E-state index in [0.29, 0.717) is 11.5 Å². The Kier molecular flexibility index (Phi) is 4.78. The Morgan fingerprint density at radius 1 is 1.14 bits per heavy atom. The lowest BCUT2D eigenvalue weighted by Crippen LogP contribution is -2.14. The van der Waals surface area contributed by atoms with Crippen LogP contribution in [0.2, 0.25) is 0 Å². The minimum atomic E-state index is -0.235. The Balaban J connectivity index is 1.48. The first-order valence-electron chi connectivity index (χ1n) is 7.44. The van der Waals surface area contributed by atoms with Gasteiger partial charge in [0.25, 0.3) is 0 Å². The molecule has 2 aromatic rings. The van der Waals surface area contributed by atoms with Gasteiger partial charge in [-0.25, -0.2) is 4.39 Å². The molecule has 0 saturated heterocycles. The number of amides is 1. The number of aryl methyl sites for hydroxylation is 2. The van der Waals surface area contributed by atoms with Gasteiger partial charge in [-0.1, -0.05) is 18.2 Å². The molecule has 0 spiro atoms. The van der Waals surface area contributed by atoms with Gasteiger partial charge in [0.15, 0.2) is 0 Å². The molecule has 22 heavy (non-hydrogen) atoms. The highest BCUT2D eigenvalue weighted by Gasteiger charge is 2.11. The molecule has 4 heteroatoms. The first kappa shape index (κ1) is 15.1. The van der Waals surface area contributed by atoms with E-state index < -0.39 is 0 Å². The minimum Gasteiger partial charge on any atom is -0.325 e. The van der Waals surface area contributed by atoms with Crippen molar-refractivity contribution < 1.29 is 9.18 Å². The summed E-state index contributed by atoms with van der Waals surface area (Å²) in [4.78, 5) is 12.0. The minimum absolute atomic E-state index is 0.0145. The van der Waals surface area contributed by atoms with Crippen molar-refractivity contribution in [1.29, 1.82) is 0 Å². The van der Waals surface area contributed by atoms with Crippen LogP contribution in [0.15, 0.2) is 42.5 Å². The highest BCUT2D eigenvalue weighted by atomic mass is 32.2. The maximum absolute atomic E-state index is 13.1. The van der Waals surface area contributed by atoms with Gasteiger partial charge < -0.3 is 5.32 Å².